The summed E-state index contributed by atoms with van der Waals surface area (Å²) in [6.45, 7) is 5.78. The smallest absolute Gasteiger partial charge is 0.410 e. The fraction of sp³-hybridized carbons (Fsp3) is 0.636. The van der Waals surface area contributed by atoms with Crippen molar-refractivity contribution in [3.63, 3.8) is 0 Å². The van der Waals surface area contributed by atoms with Crippen molar-refractivity contribution >= 4 is 12.1 Å². The maximum Gasteiger partial charge on any atom is 0.410 e. The number of aromatic carboxylic acids is 1. The molecule has 1 saturated heterocycles. The third-order valence-electron chi connectivity index (χ3n) is 6.06. The van der Waals surface area contributed by atoms with Crippen molar-refractivity contribution in [2.24, 2.45) is 11.3 Å². The number of benzene rings is 1. The van der Waals surface area contributed by atoms with Crippen molar-refractivity contribution in [3.8, 4) is 5.75 Å². The number of nitrogens with zero attached hydrogens (tertiary/aromatic N) is 1. The first-order valence-electron chi connectivity index (χ1n) is 10.4. The highest BCUT2D eigenvalue weighted by molar-refractivity contribution is 5.88. The SMILES string of the molecule is CC(C)OC(=O)N1CCC2(CC1)CC(CCCOc1ccc(C(=O)O)c(F)c1)C2. The van der Waals surface area contributed by atoms with Gasteiger partial charge in [-0.3, -0.25) is 0 Å². The Morgan fingerprint density at radius 1 is 1.28 bits per heavy atom. The summed E-state index contributed by atoms with van der Waals surface area (Å²) in [6.07, 6.45) is 6.15. The topological polar surface area (TPSA) is 76.1 Å². The van der Waals surface area contributed by atoms with E-state index in [9.17, 15) is 14.0 Å². The average Bonchev–Trinajstić information content (AvgIpc) is 2.63. The summed E-state index contributed by atoms with van der Waals surface area (Å²) in [5.74, 6) is -1.02. The number of carbonyl (C=O) groups excluding carboxylic acids is 1. The molecule has 1 saturated carbocycles. The molecule has 6 nitrogen and oxygen atoms in total. The second-order valence-electron chi connectivity index (χ2n) is 8.63. The molecule has 7 heteroatoms. The second-order valence-corrected chi connectivity index (χ2v) is 8.63. The second kappa shape index (κ2) is 9.01. The van der Waals surface area contributed by atoms with Crippen LogP contribution in [0.1, 0.15) is 62.7 Å². The van der Waals surface area contributed by atoms with Crippen molar-refractivity contribution in [3.05, 3.63) is 29.6 Å². The summed E-state index contributed by atoms with van der Waals surface area (Å²) in [7, 11) is 0. The van der Waals surface area contributed by atoms with E-state index in [1.165, 1.54) is 25.0 Å². The summed E-state index contributed by atoms with van der Waals surface area (Å²) in [4.78, 5) is 24.6. The van der Waals surface area contributed by atoms with Gasteiger partial charge in [0.05, 0.1) is 18.3 Å². The molecule has 1 spiro atoms. The Labute approximate surface area is 171 Å². The largest absolute Gasteiger partial charge is 0.493 e. The molecule has 1 aromatic rings. The third-order valence-corrected chi connectivity index (χ3v) is 6.06. The molecular formula is C22H30FNO5. The fourth-order valence-corrected chi connectivity index (χ4v) is 4.54. The first-order valence-corrected chi connectivity index (χ1v) is 10.4. The van der Waals surface area contributed by atoms with Crippen molar-refractivity contribution in [2.75, 3.05) is 19.7 Å². The van der Waals surface area contributed by atoms with E-state index < -0.39 is 11.8 Å². The lowest BCUT2D eigenvalue weighted by molar-refractivity contribution is -0.0203. The minimum Gasteiger partial charge on any atom is -0.493 e. The molecule has 1 amide bonds. The summed E-state index contributed by atoms with van der Waals surface area (Å²) in [5.41, 5.74) is 0.0382. The van der Waals surface area contributed by atoms with E-state index in [2.05, 4.69) is 0 Å². The Hall–Kier alpha value is -2.31. The molecule has 0 bridgehead atoms. The number of likely N-dealkylation sites (tertiary alicyclic amines) is 1. The molecule has 29 heavy (non-hydrogen) atoms. The molecule has 1 aliphatic carbocycles. The molecule has 1 aliphatic heterocycles. The number of amides is 1. The van der Waals surface area contributed by atoms with Crippen LogP contribution in [0.5, 0.6) is 5.75 Å². The zero-order chi connectivity index (χ0) is 21.0. The van der Waals surface area contributed by atoms with E-state index in [1.807, 2.05) is 18.7 Å². The van der Waals surface area contributed by atoms with E-state index in [0.29, 0.717) is 23.7 Å². The number of carbonyl (C=O) groups is 2. The molecule has 0 atom stereocenters. The number of halogens is 1. The zero-order valence-electron chi connectivity index (χ0n) is 17.2. The standard InChI is InChI=1S/C22H30FNO5/c1-15(2)29-21(27)24-9-7-22(8-10-24)13-16(14-22)4-3-11-28-17-5-6-18(20(25)26)19(23)12-17/h5-6,12,15-16H,3-4,7-11,13-14H2,1-2H3,(H,25,26). The molecule has 0 aromatic heterocycles. The van der Waals surface area contributed by atoms with Gasteiger partial charge in [0.25, 0.3) is 0 Å². The number of carboxylic acid groups (broad SMARTS) is 1. The maximum atomic E-state index is 13.7. The van der Waals surface area contributed by atoms with E-state index >= 15 is 0 Å². The number of rotatable bonds is 7. The quantitative estimate of drug-likeness (QED) is 0.662. The lowest BCUT2D eigenvalue weighted by atomic mass is 9.56. The van der Waals surface area contributed by atoms with Crippen molar-refractivity contribution in [1.82, 2.24) is 4.90 Å². The predicted molar refractivity (Wildman–Crippen MR) is 106 cm³/mol. The van der Waals surface area contributed by atoms with Gasteiger partial charge < -0.3 is 19.5 Å². The highest BCUT2D eigenvalue weighted by atomic mass is 19.1. The maximum absolute atomic E-state index is 13.7. The Bertz CT molecular complexity index is 735. The van der Waals surface area contributed by atoms with Gasteiger partial charge in [-0.2, -0.15) is 0 Å². The molecule has 0 unspecified atom stereocenters. The zero-order valence-corrected chi connectivity index (χ0v) is 17.2. The summed E-state index contributed by atoms with van der Waals surface area (Å²) in [6, 6.07) is 3.84. The van der Waals surface area contributed by atoms with Crippen LogP contribution in [0.15, 0.2) is 18.2 Å². The Morgan fingerprint density at radius 3 is 2.55 bits per heavy atom. The van der Waals surface area contributed by atoms with E-state index in [1.54, 1.807) is 0 Å². The Balaban J connectivity index is 1.32. The number of carboxylic acids is 1. The number of piperidine rings is 1. The van der Waals surface area contributed by atoms with Crippen LogP contribution in [0.25, 0.3) is 0 Å². The monoisotopic (exact) mass is 407 g/mol. The van der Waals surface area contributed by atoms with Gasteiger partial charge >= 0.3 is 12.1 Å². The highest BCUT2D eigenvalue weighted by Crippen LogP contribution is 2.54. The molecule has 0 radical (unpaired) electrons. The number of hydrogen-bond donors (Lipinski definition) is 1. The van der Waals surface area contributed by atoms with Gasteiger partial charge in [0, 0.05) is 19.2 Å². The molecule has 160 valence electrons. The highest BCUT2D eigenvalue weighted by Gasteiger charge is 2.46. The summed E-state index contributed by atoms with van der Waals surface area (Å²) >= 11 is 0. The number of ether oxygens (including phenoxy) is 2. The minimum atomic E-state index is -1.28. The molecular weight excluding hydrogens is 377 g/mol. The number of hydrogen-bond acceptors (Lipinski definition) is 4. The van der Waals surface area contributed by atoms with E-state index in [0.717, 1.165) is 44.8 Å². The van der Waals surface area contributed by atoms with Crippen LogP contribution in [-0.2, 0) is 4.74 Å². The van der Waals surface area contributed by atoms with Gasteiger partial charge in [-0.15, -0.1) is 0 Å². The van der Waals surface area contributed by atoms with Crippen molar-refractivity contribution in [2.45, 2.75) is 58.5 Å². The van der Waals surface area contributed by atoms with Crippen LogP contribution in [0.2, 0.25) is 0 Å². The minimum absolute atomic E-state index is 0.0831. The Kier molecular flexibility index (Phi) is 6.65. The van der Waals surface area contributed by atoms with E-state index in [-0.39, 0.29) is 17.8 Å². The van der Waals surface area contributed by atoms with Crippen LogP contribution in [-0.4, -0.2) is 47.9 Å². The van der Waals surface area contributed by atoms with Gasteiger partial charge in [0.1, 0.15) is 11.6 Å². The lowest BCUT2D eigenvalue weighted by Crippen LogP contribution is -2.49. The molecule has 2 aliphatic rings. The normalized spacial score (nSPS) is 18.6. The predicted octanol–water partition coefficient (Wildman–Crippen LogP) is 4.72. The van der Waals surface area contributed by atoms with Crippen LogP contribution in [0.3, 0.4) is 0 Å². The lowest BCUT2D eigenvalue weighted by Gasteiger charge is -2.52. The van der Waals surface area contributed by atoms with Gasteiger partial charge in [-0.25, -0.2) is 14.0 Å². The summed E-state index contributed by atoms with van der Waals surface area (Å²) in [5, 5.41) is 8.84. The molecule has 1 heterocycles. The van der Waals surface area contributed by atoms with Gasteiger partial charge in [0.15, 0.2) is 0 Å². The van der Waals surface area contributed by atoms with Gasteiger partial charge in [-0.05, 0) is 75.8 Å². The van der Waals surface area contributed by atoms with Crippen LogP contribution in [0.4, 0.5) is 9.18 Å². The van der Waals surface area contributed by atoms with Gasteiger partial charge in [-0.1, -0.05) is 0 Å². The van der Waals surface area contributed by atoms with Crippen molar-refractivity contribution < 1.29 is 28.6 Å². The van der Waals surface area contributed by atoms with Crippen LogP contribution in [0, 0.1) is 17.2 Å². The Morgan fingerprint density at radius 2 is 1.97 bits per heavy atom. The fourth-order valence-electron chi connectivity index (χ4n) is 4.54. The first-order chi connectivity index (χ1) is 13.8. The van der Waals surface area contributed by atoms with Crippen LogP contribution < -0.4 is 4.74 Å². The molecule has 1 N–H and O–H groups in total. The average molecular weight is 407 g/mol. The van der Waals surface area contributed by atoms with Crippen molar-refractivity contribution in [1.29, 1.82) is 0 Å². The van der Waals surface area contributed by atoms with Crippen LogP contribution >= 0.6 is 0 Å². The molecule has 3 rings (SSSR count). The van der Waals surface area contributed by atoms with E-state index in [4.69, 9.17) is 14.6 Å². The summed E-state index contributed by atoms with van der Waals surface area (Å²) < 4.78 is 24.5. The third kappa shape index (κ3) is 5.40. The molecule has 2 fully saturated rings. The first kappa shape index (κ1) is 21.4. The molecule has 1 aromatic carbocycles. The van der Waals surface area contributed by atoms with Gasteiger partial charge in [0.2, 0.25) is 0 Å².